The normalized spacial score (nSPS) is 18.8. The van der Waals surface area contributed by atoms with Crippen molar-refractivity contribution in [2.24, 2.45) is 0 Å². The van der Waals surface area contributed by atoms with E-state index < -0.39 is 7.25 Å². The van der Waals surface area contributed by atoms with Crippen molar-refractivity contribution in [3.8, 4) is 0 Å². The molecule has 0 amide bonds. The highest BCUT2D eigenvalue weighted by Gasteiger charge is 2.22. The van der Waals surface area contributed by atoms with Crippen molar-refractivity contribution in [1.29, 1.82) is 0 Å². The Kier molecular flexibility index (Phi) is 5.45. The number of halogens is 4. The van der Waals surface area contributed by atoms with Crippen LogP contribution in [0.15, 0.2) is 12.1 Å². The van der Waals surface area contributed by atoms with E-state index in [1.807, 2.05) is 0 Å². The number of rotatable bonds is 1. The predicted molar refractivity (Wildman–Crippen MR) is 74.8 cm³/mol. The van der Waals surface area contributed by atoms with E-state index in [4.69, 9.17) is 0 Å². The van der Waals surface area contributed by atoms with E-state index in [0.29, 0.717) is 0 Å². The van der Waals surface area contributed by atoms with Crippen molar-refractivity contribution in [3.63, 3.8) is 0 Å². The molecule has 1 fully saturated rings. The summed E-state index contributed by atoms with van der Waals surface area (Å²) in [6.45, 7) is 10.2. The van der Waals surface area contributed by atoms with Gasteiger partial charge in [0.2, 0.25) is 0 Å². The smallest absolute Gasteiger partial charge is 0.418 e. The fourth-order valence-corrected chi connectivity index (χ4v) is 2.67. The summed E-state index contributed by atoms with van der Waals surface area (Å²) in [4.78, 5) is 4.12. The van der Waals surface area contributed by atoms with Crippen LogP contribution in [0.2, 0.25) is 0 Å². The Balaban J connectivity index is 0.000000347. The molecule has 114 valence electrons. The third-order valence-corrected chi connectivity index (χ3v) is 3.22. The minimum atomic E-state index is -6.00. The van der Waals surface area contributed by atoms with Gasteiger partial charge in [0, 0.05) is 5.69 Å². The molecule has 1 atom stereocenters. The van der Waals surface area contributed by atoms with Crippen molar-refractivity contribution in [2.75, 3.05) is 31.7 Å². The zero-order chi connectivity index (χ0) is 15.5. The quantitative estimate of drug-likeness (QED) is 0.616. The maximum atomic E-state index is 9.75. The molecule has 1 saturated heterocycles. The van der Waals surface area contributed by atoms with Gasteiger partial charge in [0.15, 0.2) is 6.67 Å². The number of anilines is 1. The first-order chi connectivity index (χ1) is 9.08. The van der Waals surface area contributed by atoms with Crippen LogP contribution in [-0.2, 0) is 0 Å². The van der Waals surface area contributed by atoms with Gasteiger partial charge in [-0.1, -0.05) is 17.7 Å². The summed E-state index contributed by atoms with van der Waals surface area (Å²) in [6.07, 6.45) is 0. The molecule has 0 saturated carbocycles. The van der Waals surface area contributed by atoms with Gasteiger partial charge in [0.05, 0.1) is 20.1 Å². The molecule has 7 heteroatoms. The second-order valence-corrected chi connectivity index (χ2v) is 5.37. The maximum Gasteiger partial charge on any atom is 0.673 e. The van der Waals surface area contributed by atoms with Crippen LogP contribution in [0.25, 0.3) is 0 Å². The highest BCUT2D eigenvalue weighted by atomic mass is 19.5. The lowest BCUT2D eigenvalue weighted by atomic mass is 10.0. The van der Waals surface area contributed by atoms with E-state index in [1.54, 1.807) is 4.90 Å². The fourth-order valence-electron chi connectivity index (χ4n) is 2.67. The summed E-state index contributed by atoms with van der Waals surface area (Å²) < 4.78 is 39.0. The van der Waals surface area contributed by atoms with E-state index >= 15 is 0 Å². The zero-order valence-electron chi connectivity index (χ0n) is 12.3. The van der Waals surface area contributed by atoms with Crippen LogP contribution in [0.4, 0.5) is 23.0 Å². The molecule has 1 aromatic carbocycles. The summed E-state index contributed by atoms with van der Waals surface area (Å²) >= 11 is 0. The van der Waals surface area contributed by atoms with Crippen LogP contribution in [0, 0.1) is 20.8 Å². The first kappa shape index (κ1) is 16.8. The Labute approximate surface area is 117 Å². The van der Waals surface area contributed by atoms with Gasteiger partial charge >= 0.3 is 7.25 Å². The van der Waals surface area contributed by atoms with Gasteiger partial charge in [0.25, 0.3) is 0 Å². The Hall–Kier alpha value is -1.24. The minimum absolute atomic E-state index is 1.14. The number of quaternary nitrogens is 1. The van der Waals surface area contributed by atoms with E-state index in [0.717, 1.165) is 6.67 Å². The van der Waals surface area contributed by atoms with Crippen LogP contribution in [0.5, 0.6) is 0 Å². The lowest BCUT2D eigenvalue weighted by molar-refractivity contribution is -0.865. The van der Waals surface area contributed by atoms with Crippen molar-refractivity contribution in [1.82, 2.24) is 0 Å². The van der Waals surface area contributed by atoms with Gasteiger partial charge in [-0.25, -0.2) is 0 Å². The minimum Gasteiger partial charge on any atom is -0.418 e. The Morgan fingerprint density at radius 2 is 1.50 bits per heavy atom. The van der Waals surface area contributed by atoms with E-state index in [1.165, 1.54) is 35.5 Å². The van der Waals surface area contributed by atoms with Crippen molar-refractivity contribution in [3.05, 3.63) is 28.8 Å². The van der Waals surface area contributed by atoms with Crippen molar-refractivity contribution < 1.29 is 22.2 Å². The van der Waals surface area contributed by atoms with Crippen LogP contribution < -0.4 is 9.80 Å². The van der Waals surface area contributed by atoms with Crippen molar-refractivity contribution >= 4 is 12.9 Å². The number of hydrogen-bond donors (Lipinski definition) is 1. The summed E-state index contributed by atoms with van der Waals surface area (Å²) in [5.41, 5.74) is 5.66. The molecule has 2 rings (SSSR count). The number of benzene rings is 1. The fraction of sp³-hybridized carbons (Fsp3) is 0.538. The predicted octanol–water partition coefficient (Wildman–Crippen LogP) is 2.20. The van der Waals surface area contributed by atoms with E-state index in [-0.39, 0.29) is 0 Å². The Bertz CT molecular complexity index is 433. The number of nitrogens with one attached hydrogen (secondary N) is 1. The molecule has 0 spiro atoms. The molecule has 1 aromatic rings. The maximum absolute atomic E-state index is 9.75. The average Bonchev–Trinajstić information content (AvgIpc) is 2.60. The molecule has 1 aliphatic heterocycles. The summed E-state index contributed by atoms with van der Waals surface area (Å²) in [5, 5.41) is 0. The lowest BCUT2D eigenvalue weighted by Crippen LogP contribution is -3.07. The summed E-state index contributed by atoms with van der Waals surface area (Å²) in [7, 11) is -3.74. The highest BCUT2D eigenvalue weighted by Crippen LogP contribution is 2.25. The molecule has 0 radical (unpaired) electrons. The number of aryl methyl sites for hydroxylation is 3. The molecule has 0 aromatic heterocycles. The van der Waals surface area contributed by atoms with Gasteiger partial charge in [-0.15, -0.1) is 0 Å². The topological polar surface area (TPSA) is 7.68 Å². The van der Waals surface area contributed by atoms with Gasteiger partial charge in [-0.3, -0.25) is 0 Å². The largest absolute Gasteiger partial charge is 0.673 e. The highest BCUT2D eigenvalue weighted by molar-refractivity contribution is 6.50. The summed E-state index contributed by atoms with van der Waals surface area (Å²) in [6, 6.07) is 4.58. The van der Waals surface area contributed by atoms with Crippen LogP contribution in [-0.4, -0.2) is 34.1 Å². The van der Waals surface area contributed by atoms with E-state index in [9.17, 15) is 17.3 Å². The van der Waals surface area contributed by atoms with Crippen LogP contribution in [0.3, 0.4) is 0 Å². The van der Waals surface area contributed by atoms with E-state index in [2.05, 4.69) is 44.9 Å². The first-order valence-corrected chi connectivity index (χ1v) is 6.59. The van der Waals surface area contributed by atoms with Crippen molar-refractivity contribution in [2.45, 2.75) is 20.8 Å². The number of hydrogen-bond acceptors (Lipinski definition) is 1. The molecule has 1 N–H and O–H groups in total. The van der Waals surface area contributed by atoms with Gasteiger partial charge in [0.1, 0.15) is 0 Å². The lowest BCUT2D eigenvalue weighted by Gasteiger charge is -2.21. The Morgan fingerprint density at radius 3 is 1.85 bits per heavy atom. The second-order valence-electron chi connectivity index (χ2n) is 5.37. The third kappa shape index (κ3) is 5.40. The second kappa shape index (κ2) is 6.48. The monoisotopic (exact) mass is 292 g/mol. The molecular weight excluding hydrogens is 271 g/mol. The first-order valence-electron chi connectivity index (χ1n) is 6.59. The average molecular weight is 292 g/mol. The number of likely N-dealkylation sites (N-methyl/N-ethyl adjacent to an activating group) is 1. The zero-order valence-corrected chi connectivity index (χ0v) is 12.3. The van der Waals surface area contributed by atoms with Gasteiger partial charge < -0.3 is 27.1 Å². The molecule has 1 unspecified atom stereocenters. The molecule has 20 heavy (non-hydrogen) atoms. The number of nitrogens with zero attached hydrogens (tertiary/aromatic N) is 1. The van der Waals surface area contributed by atoms with Gasteiger partial charge in [-0.2, -0.15) is 0 Å². The standard InChI is InChI=1S/C13H20N2.BF4/c1-10-7-11(2)13(12(3)8-10)15-6-5-14(4)9-15;2-1(3,4)5/h7-8H,5-6,9H2,1-4H3;/q;-1/p+1. The molecule has 1 heterocycles. The molecule has 2 nitrogen and oxygen atoms in total. The molecule has 1 aliphatic rings. The molecular formula is C13H21BF4N2. The molecule has 0 bridgehead atoms. The molecule has 0 aliphatic carbocycles. The summed E-state index contributed by atoms with van der Waals surface area (Å²) in [5.74, 6) is 0. The SMILES string of the molecule is Cc1cc(C)c(N2CC[NH+](C)C2)c(C)c1.F[B-](F)(F)F. The Morgan fingerprint density at radius 1 is 1.05 bits per heavy atom. The van der Waals surface area contributed by atoms with Gasteiger partial charge in [-0.05, 0) is 31.9 Å². The van der Waals surface area contributed by atoms with Crippen LogP contribution in [0.1, 0.15) is 16.7 Å². The van der Waals surface area contributed by atoms with Crippen LogP contribution >= 0.6 is 0 Å². The third-order valence-electron chi connectivity index (χ3n) is 3.22.